The van der Waals surface area contributed by atoms with E-state index in [0.29, 0.717) is 16.1 Å². The molecule has 0 unspecified atom stereocenters. The summed E-state index contributed by atoms with van der Waals surface area (Å²) in [5.41, 5.74) is 2.98. The van der Waals surface area contributed by atoms with Gasteiger partial charge in [-0.25, -0.2) is 0 Å². The fourth-order valence-electron chi connectivity index (χ4n) is 2.92. The molecule has 5 nitrogen and oxygen atoms in total. The molecule has 0 heterocycles. The van der Waals surface area contributed by atoms with E-state index in [1.165, 1.54) is 6.07 Å². The van der Waals surface area contributed by atoms with E-state index < -0.39 is 4.92 Å². The van der Waals surface area contributed by atoms with Crippen LogP contribution < -0.4 is 5.32 Å². The summed E-state index contributed by atoms with van der Waals surface area (Å²) in [6.07, 6.45) is 1.66. The van der Waals surface area contributed by atoms with Gasteiger partial charge in [0.05, 0.1) is 11.0 Å². The zero-order valence-corrected chi connectivity index (χ0v) is 13.3. The van der Waals surface area contributed by atoms with Crippen molar-refractivity contribution in [2.45, 2.75) is 25.8 Å². The molecule has 118 valence electrons. The molecule has 1 aliphatic carbocycles. The lowest BCUT2D eigenvalue weighted by molar-refractivity contribution is -0.385. The average Bonchev–Trinajstić information content (AvgIpc) is 2.89. The van der Waals surface area contributed by atoms with Crippen LogP contribution in [0.2, 0.25) is 5.02 Å². The van der Waals surface area contributed by atoms with Gasteiger partial charge in [0, 0.05) is 22.2 Å². The Balaban J connectivity index is 1.81. The van der Waals surface area contributed by atoms with Crippen LogP contribution in [0.15, 0.2) is 36.4 Å². The van der Waals surface area contributed by atoms with Gasteiger partial charge in [-0.1, -0.05) is 23.7 Å². The SMILES string of the molecule is Cc1ccc(C(=O)N[C@H]2CCc3cc(Cl)ccc32)cc1[N+](=O)[O-]. The Labute approximate surface area is 138 Å². The van der Waals surface area contributed by atoms with Crippen LogP contribution in [-0.4, -0.2) is 10.8 Å². The maximum Gasteiger partial charge on any atom is 0.273 e. The molecular formula is C17H15ClN2O3. The van der Waals surface area contributed by atoms with Gasteiger partial charge < -0.3 is 5.32 Å². The first-order valence-corrected chi connectivity index (χ1v) is 7.68. The molecule has 1 aliphatic rings. The number of nitrogens with one attached hydrogen (secondary N) is 1. The molecule has 6 heteroatoms. The molecule has 0 fully saturated rings. The summed E-state index contributed by atoms with van der Waals surface area (Å²) >= 11 is 5.98. The van der Waals surface area contributed by atoms with E-state index in [9.17, 15) is 14.9 Å². The minimum absolute atomic E-state index is 0.0451. The number of carbonyl (C=O) groups excluding carboxylic acids is 1. The molecule has 0 radical (unpaired) electrons. The Morgan fingerprint density at radius 3 is 2.83 bits per heavy atom. The van der Waals surface area contributed by atoms with Crippen molar-refractivity contribution in [2.24, 2.45) is 0 Å². The molecular weight excluding hydrogens is 316 g/mol. The van der Waals surface area contributed by atoms with Gasteiger partial charge in [0.25, 0.3) is 11.6 Å². The van der Waals surface area contributed by atoms with Crippen LogP contribution in [0.5, 0.6) is 0 Å². The second-order valence-electron chi connectivity index (χ2n) is 5.67. The fourth-order valence-corrected chi connectivity index (χ4v) is 3.12. The number of hydrogen-bond donors (Lipinski definition) is 1. The number of carbonyl (C=O) groups is 1. The molecule has 3 rings (SSSR count). The minimum atomic E-state index is -0.473. The van der Waals surface area contributed by atoms with Crippen molar-refractivity contribution in [3.63, 3.8) is 0 Å². The number of nitro benzene ring substituents is 1. The Morgan fingerprint density at radius 1 is 1.30 bits per heavy atom. The van der Waals surface area contributed by atoms with Crippen LogP contribution in [0.1, 0.15) is 39.5 Å². The number of fused-ring (bicyclic) bond motifs is 1. The van der Waals surface area contributed by atoms with Crippen LogP contribution in [-0.2, 0) is 6.42 Å². The highest BCUT2D eigenvalue weighted by atomic mass is 35.5. The highest BCUT2D eigenvalue weighted by Gasteiger charge is 2.25. The monoisotopic (exact) mass is 330 g/mol. The average molecular weight is 331 g/mol. The van der Waals surface area contributed by atoms with Crippen molar-refractivity contribution >= 4 is 23.2 Å². The number of nitro groups is 1. The van der Waals surface area contributed by atoms with Crippen LogP contribution in [0.25, 0.3) is 0 Å². The maximum atomic E-state index is 12.4. The third-order valence-corrected chi connectivity index (χ3v) is 4.39. The van der Waals surface area contributed by atoms with Crippen molar-refractivity contribution in [1.29, 1.82) is 0 Å². The van der Waals surface area contributed by atoms with E-state index in [0.717, 1.165) is 24.0 Å². The van der Waals surface area contributed by atoms with E-state index in [-0.39, 0.29) is 17.6 Å². The molecule has 0 bridgehead atoms. The number of rotatable bonds is 3. The summed E-state index contributed by atoms with van der Waals surface area (Å²) in [6, 6.07) is 10.1. The van der Waals surface area contributed by atoms with Crippen LogP contribution in [0.3, 0.4) is 0 Å². The summed E-state index contributed by atoms with van der Waals surface area (Å²) in [6.45, 7) is 1.65. The lowest BCUT2D eigenvalue weighted by atomic mass is 10.1. The molecule has 1 N–H and O–H groups in total. The molecule has 0 spiro atoms. The first-order valence-electron chi connectivity index (χ1n) is 7.30. The molecule has 0 saturated heterocycles. The standard InChI is InChI=1S/C17H15ClN2O3/c1-10-2-3-12(9-16(10)20(22)23)17(21)19-15-7-4-11-8-13(18)5-6-14(11)15/h2-3,5-6,8-9,15H,4,7H2,1H3,(H,19,21)/t15-/m0/s1. The molecule has 2 aromatic carbocycles. The van der Waals surface area contributed by atoms with Crippen molar-refractivity contribution in [3.05, 3.63) is 73.8 Å². The lowest BCUT2D eigenvalue weighted by Gasteiger charge is -2.14. The summed E-state index contributed by atoms with van der Waals surface area (Å²) in [5.74, 6) is -0.305. The molecule has 1 amide bonds. The summed E-state index contributed by atoms with van der Waals surface area (Å²) in [7, 11) is 0. The van der Waals surface area contributed by atoms with E-state index in [4.69, 9.17) is 11.6 Å². The Morgan fingerprint density at radius 2 is 2.09 bits per heavy atom. The minimum Gasteiger partial charge on any atom is -0.345 e. The van der Waals surface area contributed by atoms with E-state index >= 15 is 0 Å². The number of hydrogen-bond acceptors (Lipinski definition) is 3. The van der Waals surface area contributed by atoms with Gasteiger partial charge in [-0.15, -0.1) is 0 Å². The number of aryl methyl sites for hydroxylation is 2. The molecule has 2 aromatic rings. The third kappa shape index (κ3) is 3.05. The van der Waals surface area contributed by atoms with Crippen molar-refractivity contribution in [2.75, 3.05) is 0 Å². The smallest absolute Gasteiger partial charge is 0.273 e. The molecule has 0 aromatic heterocycles. The van der Waals surface area contributed by atoms with Gasteiger partial charge in [0.1, 0.15) is 0 Å². The second kappa shape index (κ2) is 6.01. The zero-order valence-electron chi connectivity index (χ0n) is 12.5. The fraction of sp³-hybridized carbons (Fsp3) is 0.235. The largest absolute Gasteiger partial charge is 0.345 e. The van der Waals surface area contributed by atoms with Crippen molar-refractivity contribution < 1.29 is 9.72 Å². The zero-order chi connectivity index (χ0) is 16.6. The van der Waals surface area contributed by atoms with Gasteiger partial charge in [-0.3, -0.25) is 14.9 Å². The maximum absolute atomic E-state index is 12.4. The van der Waals surface area contributed by atoms with Crippen LogP contribution >= 0.6 is 11.6 Å². The van der Waals surface area contributed by atoms with E-state index in [1.54, 1.807) is 19.1 Å². The Bertz CT molecular complexity index is 804. The summed E-state index contributed by atoms with van der Waals surface area (Å²) in [4.78, 5) is 22.9. The highest BCUT2D eigenvalue weighted by Crippen LogP contribution is 2.33. The molecule has 23 heavy (non-hydrogen) atoms. The molecule has 0 aliphatic heterocycles. The van der Waals surface area contributed by atoms with Crippen LogP contribution in [0, 0.1) is 17.0 Å². The van der Waals surface area contributed by atoms with E-state index in [2.05, 4.69) is 5.32 Å². The van der Waals surface area contributed by atoms with E-state index in [1.807, 2.05) is 18.2 Å². The first-order chi connectivity index (χ1) is 11.0. The van der Waals surface area contributed by atoms with Gasteiger partial charge >= 0.3 is 0 Å². The van der Waals surface area contributed by atoms with Crippen LogP contribution in [0.4, 0.5) is 5.69 Å². The van der Waals surface area contributed by atoms with Crippen molar-refractivity contribution in [3.8, 4) is 0 Å². The first kappa shape index (κ1) is 15.5. The Kier molecular flexibility index (Phi) is 4.05. The molecule has 1 atom stereocenters. The van der Waals surface area contributed by atoms with Gasteiger partial charge in [0.15, 0.2) is 0 Å². The lowest BCUT2D eigenvalue weighted by Crippen LogP contribution is -2.27. The number of benzene rings is 2. The van der Waals surface area contributed by atoms with Gasteiger partial charge in [-0.05, 0) is 49.1 Å². The quantitative estimate of drug-likeness (QED) is 0.683. The predicted octanol–water partition coefficient (Wildman–Crippen LogP) is 3.97. The topological polar surface area (TPSA) is 72.2 Å². The predicted molar refractivity (Wildman–Crippen MR) is 87.8 cm³/mol. The number of amides is 1. The number of nitrogens with zero attached hydrogens (tertiary/aromatic N) is 1. The highest BCUT2D eigenvalue weighted by molar-refractivity contribution is 6.30. The summed E-state index contributed by atoms with van der Waals surface area (Å²) < 4.78 is 0. The third-order valence-electron chi connectivity index (χ3n) is 4.16. The molecule has 0 saturated carbocycles. The van der Waals surface area contributed by atoms with Gasteiger partial charge in [-0.2, -0.15) is 0 Å². The number of halogens is 1. The second-order valence-corrected chi connectivity index (χ2v) is 6.10. The summed E-state index contributed by atoms with van der Waals surface area (Å²) in [5, 5.41) is 14.6. The Hall–Kier alpha value is -2.40. The van der Waals surface area contributed by atoms with Crippen molar-refractivity contribution in [1.82, 2.24) is 5.32 Å². The van der Waals surface area contributed by atoms with Gasteiger partial charge in [0.2, 0.25) is 0 Å². The normalized spacial score (nSPS) is 16.0.